The second-order valence-corrected chi connectivity index (χ2v) is 7.95. The van der Waals surface area contributed by atoms with E-state index in [1.54, 1.807) is 0 Å². The lowest BCUT2D eigenvalue weighted by Crippen LogP contribution is -2.48. The largest absolute Gasteiger partial charge is 0.309 e. The molecule has 1 aliphatic carbocycles. The van der Waals surface area contributed by atoms with Crippen LogP contribution in [0.3, 0.4) is 0 Å². The fraction of sp³-hybridized carbons (Fsp3) is 0.778. The van der Waals surface area contributed by atoms with E-state index < -0.39 is 0 Å². The Morgan fingerprint density at radius 1 is 1.32 bits per heavy atom. The Morgan fingerprint density at radius 2 is 2.09 bits per heavy atom. The minimum atomic E-state index is 0.518. The summed E-state index contributed by atoms with van der Waals surface area (Å²) in [5.41, 5.74) is 0.518. The monoisotopic (exact) mass is 415 g/mol. The van der Waals surface area contributed by atoms with Gasteiger partial charge in [0.25, 0.3) is 0 Å². The number of nitrogens with zero attached hydrogens (tertiary/aromatic N) is 1. The first kappa shape index (κ1) is 16.9. The Morgan fingerprint density at radius 3 is 2.82 bits per heavy atom. The third-order valence-corrected chi connectivity index (χ3v) is 6.66. The molecule has 0 bridgehead atoms. The lowest BCUT2D eigenvalue weighted by Gasteiger charge is -2.45. The molecule has 3 atom stereocenters. The molecule has 3 unspecified atom stereocenters. The van der Waals surface area contributed by atoms with Crippen molar-refractivity contribution in [3.05, 3.63) is 24.3 Å². The number of hydrogen-bond acceptors (Lipinski definition) is 3. The van der Waals surface area contributed by atoms with Crippen LogP contribution in [0, 0.1) is 11.3 Å². The Kier molecular flexibility index (Phi) is 5.98. The SMILES string of the molecule is CCC(CCCNI)N1CCC2(CC1)CNC1C=CC=CC12. The van der Waals surface area contributed by atoms with E-state index in [9.17, 15) is 0 Å². The van der Waals surface area contributed by atoms with Crippen LogP contribution in [0.2, 0.25) is 0 Å². The number of hydrogen-bond donors (Lipinski definition) is 2. The van der Waals surface area contributed by atoms with Gasteiger partial charge >= 0.3 is 0 Å². The summed E-state index contributed by atoms with van der Waals surface area (Å²) in [5.74, 6) is 0.725. The minimum absolute atomic E-state index is 0.518. The fourth-order valence-electron chi connectivity index (χ4n) is 4.72. The van der Waals surface area contributed by atoms with Crippen LogP contribution >= 0.6 is 22.9 Å². The van der Waals surface area contributed by atoms with E-state index in [1.165, 1.54) is 51.7 Å². The number of likely N-dealkylation sites (tertiary alicyclic amines) is 1. The van der Waals surface area contributed by atoms with Gasteiger partial charge in [-0.15, -0.1) is 0 Å². The van der Waals surface area contributed by atoms with E-state index in [2.05, 4.69) is 67.8 Å². The Balaban J connectivity index is 1.55. The van der Waals surface area contributed by atoms with E-state index in [-0.39, 0.29) is 0 Å². The summed E-state index contributed by atoms with van der Waals surface area (Å²) in [5, 5.41) is 3.75. The van der Waals surface area contributed by atoms with Crippen LogP contribution in [0.4, 0.5) is 0 Å². The number of allylic oxidation sites excluding steroid dienone is 2. The second kappa shape index (κ2) is 7.77. The highest BCUT2D eigenvalue weighted by molar-refractivity contribution is 14.1. The molecule has 124 valence electrons. The molecule has 3 aliphatic rings. The average Bonchev–Trinajstić information content (AvgIpc) is 2.92. The van der Waals surface area contributed by atoms with Gasteiger partial charge < -0.3 is 10.2 Å². The van der Waals surface area contributed by atoms with Crippen molar-refractivity contribution >= 4 is 22.9 Å². The summed E-state index contributed by atoms with van der Waals surface area (Å²) in [6, 6.07) is 1.38. The molecule has 2 fully saturated rings. The quantitative estimate of drug-likeness (QED) is 0.396. The molecule has 1 spiro atoms. The molecule has 3 nitrogen and oxygen atoms in total. The van der Waals surface area contributed by atoms with Gasteiger partial charge in [0, 0.05) is 54.0 Å². The van der Waals surface area contributed by atoms with Crippen molar-refractivity contribution in [1.29, 1.82) is 0 Å². The summed E-state index contributed by atoms with van der Waals surface area (Å²) in [7, 11) is 0. The van der Waals surface area contributed by atoms with Crippen molar-refractivity contribution in [2.75, 3.05) is 26.2 Å². The van der Waals surface area contributed by atoms with E-state index >= 15 is 0 Å². The van der Waals surface area contributed by atoms with Crippen LogP contribution in [0.1, 0.15) is 39.0 Å². The van der Waals surface area contributed by atoms with Gasteiger partial charge in [0.05, 0.1) is 0 Å². The van der Waals surface area contributed by atoms with Gasteiger partial charge in [-0.3, -0.25) is 3.53 Å². The Hall–Kier alpha value is 0.0900. The topological polar surface area (TPSA) is 27.3 Å². The molecular weight excluding hydrogens is 385 g/mol. The second-order valence-electron chi connectivity index (χ2n) is 7.19. The summed E-state index contributed by atoms with van der Waals surface area (Å²) in [4.78, 5) is 2.77. The summed E-state index contributed by atoms with van der Waals surface area (Å²) in [6.07, 6.45) is 15.9. The summed E-state index contributed by atoms with van der Waals surface area (Å²) in [6.45, 7) is 7.28. The van der Waals surface area contributed by atoms with Crippen LogP contribution in [-0.4, -0.2) is 43.2 Å². The first-order chi connectivity index (χ1) is 10.8. The zero-order chi connectivity index (χ0) is 15.4. The highest BCUT2D eigenvalue weighted by atomic mass is 127. The Bertz CT molecular complexity index is 413. The standard InChI is InChI=1S/C18H30IN3/c1-2-15(6-5-11-21-19)22-12-9-18(10-13-22)14-20-17-8-4-3-7-16(17)18/h3-4,7-8,15-17,20-21H,2,5-6,9-14H2,1H3. The average molecular weight is 415 g/mol. The third kappa shape index (κ3) is 3.45. The molecule has 0 saturated carbocycles. The summed E-state index contributed by atoms with van der Waals surface area (Å²) < 4.78 is 3.25. The first-order valence-electron chi connectivity index (χ1n) is 8.95. The molecule has 2 aliphatic heterocycles. The molecule has 2 saturated heterocycles. The molecule has 4 heteroatoms. The van der Waals surface area contributed by atoms with E-state index in [0.717, 1.165) is 18.5 Å². The van der Waals surface area contributed by atoms with Gasteiger partial charge in [-0.1, -0.05) is 31.2 Å². The van der Waals surface area contributed by atoms with Crippen LogP contribution in [0.15, 0.2) is 24.3 Å². The normalized spacial score (nSPS) is 31.5. The van der Waals surface area contributed by atoms with Crippen molar-refractivity contribution in [3.8, 4) is 0 Å². The molecule has 22 heavy (non-hydrogen) atoms. The maximum Gasteiger partial charge on any atom is 0.0322 e. The zero-order valence-corrected chi connectivity index (χ0v) is 15.9. The molecule has 0 aromatic rings. The van der Waals surface area contributed by atoms with Crippen LogP contribution in [0.25, 0.3) is 0 Å². The van der Waals surface area contributed by atoms with Gasteiger partial charge in [0.1, 0.15) is 0 Å². The van der Waals surface area contributed by atoms with Gasteiger partial charge in [0.15, 0.2) is 0 Å². The lowest BCUT2D eigenvalue weighted by atomic mass is 9.68. The van der Waals surface area contributed by atoms with E-state index in [4.69, 9.17) is 0 Å². The molecule has 0 aromatic carbocycles. The Labute approximate surface area is 149 Å². The van der Waals surface area contributed by atoms with Gasteiger partial charge in [0.2, 0.25) is 0 Å². The molecule has 0 amide bonds. The molecule has 0 aromatic heterocycles. The number of piperidine rings is 1. The minimum Gasteiger partial charge on any atom is -0.309 e. The molecule has 0 radical (unpaired) electrons. The molecule has 2 N–H and O–H groups in total. The number of nitrogens with one attached hydrogen (secondary N) is 2. The zero-order valence-electron chi connectivity index (χ0n) is 13.7. The van der Waals surface area contributed by atoms with Crippen LogP contribution in [0.5, 0.6) is 0 Å². The van der Waals surface area contributed by atoms with Crippen molar-refractivity contribution in [2.24, 2.45) is 11.3 Å². The van der Waals surface area contributed by atoms with Crippen LogP contribution < -0.4 is 8.85 Å². The van der Waals surface area contributed by atoms with Gasteiger partial charge in [-0.05, 0) is 50.6 Å². The number of fused-ring (bicyclic) bond motifs is 2. The van der Waals surface area contributed by atoms with Crippen molar-refractivity contribution < 1.29 is 0 Å². The number of halogens is 1. The predicted molar refractivity (Wildman–Crippen MR) is 102 cm³/mol. The van der Waals surface area contributed by atoms with E-state index in [1.807, 2.05) is 0 Å². The molecule has 2 heterocycles. The van der Waals surface area contributed by atoms with Crippen LogP contribution in [-0.2, 0) is 0 Å². The highest BCUT2D eigenvalue weighted by Gasteiger charge is 2.48. The fourth-order valence-corrected chi connectivity index (χ4v) is 5.10. The smallest absolute Gasteiger partial charge is 0.0322 e. The van der Waals surface area contributed by atoms with Gasteiger partial charge in [-0.2, -0.15) is 0 Å². The third-order valence-electron chi connectivity index (χ3n) is 6.12. The predicted octanol–water partition coefficient (Wildman–Crippen LogP) is 3.28. The maximum atomic E-state index is 3.75. The lowest BCUT2D eigenvalue weighted by molar-refractivity contribution is 0.0600. The van der Waals surface area contributed by atoms with Crippen molar-refractivity contribution in [3.63, 3.8) is 0 Å². The summed E-state index contributed by atoms with van der Waals surface area (Å²) >= 11 is 2.26. The molecular formula is C18H30IN3. The van der Waals surface area contributed by atoms with Crippen molar-refractivity contribution in [2.45, 2.75) is 51.1 Å². The molecule has 3 rings (SSSR count). The first-order valence-corrected chi connectivity index (χ1v) is 10.0. The van der Waals surface area contributed by atoms with Crippen molar-refractivity contribution in [1.82, 2.24) is 13.7 Å². The maximum absolute atomic E-state index is 3.75. The highest BCUT2D eigenvalue weighted by Crippen LogP contribution is 2.46. The van der Waals surface area contributed by atoms with Gasteiger partial charge in [-0.25, -0.2) is 0 Å². The van der Waals surface area contributed by atoms with E-state index in [0.29, 0.717) is 11.5 Å². The number of rotatable bonds is 6.